The summed E-state index contributed by atoms with van der Waals surface area (Å²) in [6.07, 6.45) is 0. The topological polar surface area (TPSA) is 67.4 Å². The Morgan fingerprint density at radius 3 is 2.35 bits per heavy atom. The number of rotatable bonds is 8. The van der Waals surface area contributed by atoms with E-state index in [1.165, 1.54) is 19.2 Å². The highest BCUT2D eigenvalue weighted by molar-refractivity contribution is 7.89. The van der Waals surface area contributed by atoms with Crippen LogP contribution >= 0.6 is 0 Å². The van der Waals surface area contributed by atoms with Crippen molar-refractivity contribution < 1.29 is 21.9 Å². The van der Waals surface area contributed by atoms with Crippen LogP contribution in [-0.2, 0) is 10.0 Å². The van der Waals surface area contributed by atoms with Gasteiger partial charge in [0.15, 0.2) is 0 Å². The van der Waals surface area contributed by atoms with Crippen LogP contribution in [0.4, 0.5) is 8.78 Å². The van der Waals surface area contributed by atoms with Crippen LogP contribution in [0.1, 0.15) is 18.5 Å². The molecule has 0 heterocycles. The average molecular weight is 308 g/mol. The molecule has 0 amide bonds. The van der Waals surface area contributed by atoms with E-state index in [2.05, 4.69) is 14.8 Å². The molecule has 2 N–H and O–H groups in total. The summed E-state index contributed by atoms with van der Waals surface area (Å²) in [6, 6.07) is 6.11. The van der Waals surface area contributed by atoms with Crippen molar-refractivity contribution in [3.05, 3.63) is 29.8 Å². The highest BCUT2D eigenvalue weighted by Crippen LogP contribution is 2.18. The lowest BCUT2D eigenvalue weighted by Crippen LogP contribution is -2.30. The molecule has 1 atom stereocenters. The van der Waals surface area contributed by atoms with E-state index in [9.17, 15) is 17.2 Å². The molecule has 0 bridgehead atoms. The van der Waals surface area contributed by atoms with Crippen LogP contribution in [0, 0.1) is 0 Å². The number of sulfonamides is 1. The van der Waals surface area contributed by atoms with Gasteiger partial charge in [-0.3, -0.25) is 0 Å². The van der Waals surface area contributed by atoms with E-state index in [-0.39, 0.29) is 17.5 Å². The molecule has 1 rings (SSSR count). The number of halogens is 2. The van der Waals surface area contributed by atoms with Gasteiger partial charge in [-0.05, 0) is 31.7 Å². The molecule has 0 aliphatic rings. The van der Waals surface area contributed by atoms with Crippen molar-refractivity contribution in [3.63, 3.8) is 0 Å². The van der Waals surface area contributed by atoms with E-state index in [0.717, 1.165) is 5.56 Å². The molecule has 0 saturated carbocycles. The Kier molecular flexibility index (Phi) is 6.31. The minimum Gasteiger partial charge on any atom is -0.435 e. The van der Waals surface area contributed by atoms with Gasteiger partial charge in [-0.25, -0.2) is 13.1 Å². The monoisotopic (exact) mass is 308 g/mol. The second-order valence-corrected chi connectivity index (χ2v) is 6.19. The van der Waals surface area contributed by atoms with Gasteiger partial charge in [0.1, 0.15) is 5.75 Å². The molecule has 1 unspecified atom stereocenters. The van der Waals surface area contributed by atoms with E-state index in [4.69, 9.17) is 0 Å². The molecule has 0 fully saturated rings. The van der Waals surface area contributed by atoms with Crippen LogP contribution in [0.25, 0.3) is 0 Å². The summed E-state index contributed by atoms with van der Waals surface area (Å²) in [5.74, 6) is 0.0640. The molecule has 1 aromatic carbocycles. The maximum atomic E-state index is 12.0. The molecule has 8 heteroatoms. The zero-order chi connectivity index (χ0) is 15.2. The third kappa shape index (κ3) is 5.81. The summed E-state index contributed by atoms with van der Waals surface area (Å²) in [7, 11) is -1.87. The standard InChI is InChI=1S/C12H18F2N2O3S/c1-9(16-7-8-20(17,18)15-2)10-3-5-11(6-4-10)19-12(13)14/h3-6,9,12,15-16H,7-8H2,1-2H3. The lowest BCUT2D eigenvalue weighted by Gasteiger charge is -2.14. The first kappa shape index (κ1) is 16.8. The molecule has 0 spiro atoms. The summed E-state index contributed by atoms with van der Waals surface area (Å²) in [5, 5.41) is 3.04. The summed E-state index contributed by atoms with van der Waals surface area (Å²) in [5.41, 5.74) is 0.855. The summed E-state index contributed by atoms with van der Waals surface area (Å²) < 4.78 is 52.9. The van der Waals surface area contributed by atoms with E-state index < -0.39 is 16.6 Å². The van der Waals surface area contributed by atoms with Crippen LogP contribution < -0.4 is 14.8 Å². The Morgan fingerprint density at radius 1 is 1.25 bits per heavy atom. The summed E-state index contributed by atoms with van der Waals surface area (Å²) in [6.45, 7) is -0.697. The lowest BCUT2D eigenvalue weighted by atomic mass is 10.1. The number of hydrogen-bond acceptors (Lipinski definition) is 4. The Labute approximate surface area is 117 Å². The van der Waals surface area contributed by atoms with Crippen LogP contribution in [0.3, 0.4) is 0 Å². The second-order valence-electron chi connectivity index (χ2n) is 4.15. The fourth-order valence-electron chi connectivity index (χ4n) is 1.57. The van der Waals surface area contributed by atoms with Crippen molar-refractivity contribution >= 4 is 10.0 Å². The van der Waals surface area contributed by atoms with Crippen molar-refractivity contribution in [2.45, 2.75) is 19.6 Å². The van der Waals surface area contributed by atoms with Gasteiger partial charge in [-0.2, -0.15) is 8.78 Å². The maximum Gasteiger partial charge on any atom is 0.387 e. The van der Waals surface area contributed by atoms with Gasteiger partial charge in [0.25, 0.3) is 0 Å². The van der Waals surface area contributed by atoms with Crippen LogP contribution in [0.5, 0.6) is 5.75 Å². The minimum absolute atomic E-state index is 0.0274. The average Bonchev–Trinajstić information content (AvgIpc) is 2.38. The molecule has 1 aromatic rings. The zero-order valence-corrected chi connectivity index (χ0v) is 12.1. The van der Waals surface area contributed by atoms with Gasteiger partial charge < -0.3 is 10.1 Å². The van der Waals surface area contributed by atoms with Crippen LogP contribution in [0.2, 0.25) is 0 Å². The number of benzene rings is 1. The van der Waals surface area contributed by atoms with Gasteiger partial charge in [0.2, 0.25) is 10.0 Å². The fourth-order valence-corrected chi connectivity index (χ4v) is 2.16. The number of nitrogens with one attached hydrogen (secondary N) is 2. The van der Waals surface area contributed by atoms with E-state index in [0.29, 0.717) is 6.54 Å². The third-order valence-electron chi connectivity index (χ3n) is 2.74. The normalized spacial score (nSPS) is 13.4. The van der Waals surface area contributed by atoms with Crippen LogP contribution in [0.15, 0.2) is 24.3 Å². The number of alkyl halides is 2. The number of hydrogen-bond donors (Lipinski definition) is 2. The van der Waals surface area contributed by atoms with Gasteiger partial charge in [-0.1, -0.05) is 12.1 Å². The molecule has 0 saturated heterocycles. The Morgan fingerprint density at radius 2 is 1.85 bits per heavy atom. The molecular weight excluding hydrogens is 290 g/mol. The Bertz CT molecular complexity index is 506. The van der Waals surface area contributed by atoms with E-state index in [1.807, 2.05) is 6.92 Å². The second kappa shape index (κ2) is 7.51. The first-order valence-electron chi connectivity index (χ1n) is 6.03. The van der Waals surface area contributed by atoms with Crippen molar-refractivity contribution in [3.8, 4) is 5.75 Å². The molecule has 0 aromatic heterocycles. The molecule has 20 heavy (non-hydrogen) atoms. The minimum atomic E-state index is -3.23. The van der Waals surface area contributed by atoms with Gasteiger partial charge in [0, 0.05) is 12.6 Å². The molecular formula is C12H18F2N2O3S. The third-order valence-corrected chi connectivity index (χ3v) is 4.10. The molecule has 0 aliphatic carbocycles. The lowest BCUT2D eigenvalue weighted by molar-refractivity contribution is -0.0498. The van der Waals surface area contributed by atoms with Crippen molar-refractivity contribution in [2.24, 2.45) is 0 Å². The highest BCUT2D eigenvalue weighted by Gasteiger charge is 2.10. The van der Waals surface area contributed by atoms with Crippen molar-refractivity contribution in [1.82, 2.24) is 10.0 Å². The first-order valence-corrected chi connectivity index (χ1v) is 7.68. The van der Waals surface area contributed by atoms with Crippen molar-refractivity contribution in [1.29, 1.82) is 0 Å². The predicted octanol–water partition coefficient (Wildman–Crippen LogP) is 1.49. The quantitative estimate of drug-likeness (QED) is 0.763. The first-order chi connectivity index (χ1) is 9.34. The van der Waals surface area contributed by atoms with Gasteiger partial charge in [-0.15, -0.1) is 0 Å². The predicted molar refractivity (Wildman–Crippen MR) is 72.3 cm³/mol. The molecule has 114 valence electrons. The van der Waals surface area contributed by atoms with Gasteiger partial charge in [0.05, 0.1) is 5.75 Å². The molecule has 0 radical (unpaired) electrons. The van der Waals surface area contributed by atoms with Crippen molar-refractivity contribution in [2.75, 3.05) is 19.3 Å². The molecule has 5 nitrogen and oxygen atoms in total. The maximum absolute atomic E-state index is 12.0. The summed E-state index contributed by atoms with van der Waals surface area (Å²) in [4.78, 5) is 0. The Balaban J connectivity index is 2.49. The number of ether oxygens (including phenoxy) is 1. The van der Waals surface area contributed by atoms with Crippen LogP contribution in [-0.4, -0.2) is 34.4 Å². The summed E-state index contributed by atoms with van der Waals surface area (Å²) >= 11 is 0. The highest BCUT2D eigenvalue weighted by atomic mass is 32.2. The fraction of sp³-hybridized carbons (Fsp3) is 0.500. The smallest absolute Gasteiger partial charge is 0.387 e. The largest absolute Gasteiger partial charge is 0.435 e. The van der Waals surface area contributed by atoms with Gasteiger partial charge >= 0.3 is 6.61 Å². The Hall–Kier alpha value is -1.25. The SMILES string of the molecule is CNS(=O)(=O)CCNC(C)c1ccc(OC(F)F)cc1. The van der Waals surface area contributed by atoms with E-state index >= 15 is 0 Å². The zero-order valence-electron chi connectivity index (χ0n) is 11.3. The van der Waals surface area contributed by atoms with E-state index in [1.54, 1.807) is 12.1 Å². The molecule has 0 aliphatic heterocycles.